The molecule has 7 heteroatoms. The van der Waals surface area contributed by atoms with Crippen molar-refractivity contribution in [3.8, 4) is 0 Å². The Morgan fingerprint density at radius 1 is 1.53 bits per heavy atom. The van der Waals surface area contributed by atoms with E-state index < -0.39 is 12.0 Å². The van der Waals surface area contributed by atoms with Gasteiger partial charge in [-0.25, -0.2) is 9.59 Å². The van der Waals surface area contributed by atoms with E-state index in [4.69, 9.17) is 9.63 Å². The molecule has 0 spiro atoms. The molecule has 0 aliphatic carbocycles. The first kappa shape index (κ1) is 13.4. The van der Waals surface area contributed by atoms with E-state index in [1.54, 1.807) is 13.8 Å². The molecule has 0 aromatic carbocycles. The number of likely N-dealkylation sites (tertiary alicyclic amines) is 1. The number of aromatic nitrogens is 1. The van der Waals surface area contributed by atoms with Gasteiger partial charge in [-0.2, -0.15) is 0 Å². The number of hydrogen-bond acceptors (Lipinski definition) is 4. The van der Waals surface area contributed by atoms with Crippen molar-refractivity contribution in [3.63, 3.8) is 0 Å². The van der Waals surface area contributed by atoms with E-state index in [0.717, 1.165) is 17.7 Å². The van der Waals surface area contributed by atoms with Crippen LogP contribution >= 0.6 is 0 Å². The normalized spacial score (nSPS) is 18.6. The van der Waals surface area contributed by atoms with Crippen LogP contribution in [-0.2, 0) is 11.3 Å². The van der Waals surface area contributed by atoms with Gasteiger partial charge in [-0.1, -0.05) is 5.16 Å². The van der Waals surface area contributed by atoms with Gasteiger partial charge >= 0.3 is 12.0 Å². The smallest absolute Gasteiger partial charge is 0.326 e. The highest BCUT2D eigenvalue weighted by molar-refractivity contribution is 5.83. The van der Waals surface area contributed by atoms with Crippen LogP contribution in [0.3, 0.4) is 0 Å². The van der Waals surface area contributed by atoms with Crippen LogP contribution in [0.5, 0.6) is 0 Å². The number of rotatable bonds is 3. The Hall–Kier alpha value is -2.05. The zero-order valence-corrected chi connectivity index (χ0v) is 11.0. The second kappa shape index (κ2) is 5.29. The third-order valence-corrected chi connectivity index (χ3v) is 3.40. The van der Waals surface area contributed by atoms with Crippen LogP contribution in [0.25, 0.3) is 0 Å². The van der Waals surface area contributed by atoms with Gasteiger partial charge < -0.3 is 19.8 Å². The first-order valence-corrected chi connectivity index (χ1v) is 6.19. The molecular weight excluding hydrogens is 250 g/mol. The average Bonchev–Trinajstić information content (AvgIpc) is 2.95. The zero-order valence-electron chi connectivity index (χ0n) is 11.0. The molecule has 7 nitrogen and oxygen atoms in total. The largest absolute Gasteiger partial charge is 0.480 e. The Kier molecular flexibility index (Phi) is 3.73. The van der Waals surface area contributed by atoms with E-state index in [1.807, 2.05) is 0 Å². The molecule has 104 valence electrons. The van der Waals surface area contributed by atoms with Crippen LogP contribution in [0.2, 0.25) is 0 Å². The molecule has 2 N–H and O–H groups in total. The number of amides is 2. The van der Waals surface area contributed by atoms with E-state index >= 15 is 0 Å². The molecule has 1 aromatic rings. The first-order chi connectivity index (χ1) is 9.00. The SMILES string of the molecule is Cc1noc(C)c1CNC(=O)N1CCC[C@H]1C(=O)O. The third-order valence-electron chi connectivity index (χ3n) is 3.40. The summed E-state index contributed by atoms with van der Waals surface area (Å²) in [5, 5.41) is 15.5. The van der Waals surface area contributed by atoms with Crippen LogP contribution in [-0.4, -0.2) is 39.8 Å². The first-order valence-electron chi connectivity index (χ1n) is 6.19. The number of nitrogens with zero attached hydrogens (tertiary/aromatic N) is 2. The van der Waals surface area contributed by atoms with Crippen molar-refractivity contribution in [2.24, 2.45) is 0 Å². The number of carbonyl (C=O) groups is 2. The lowest BCUT2D eigenvalue weighted by Crippen LogP contribution is -2.45. The van der Waals surface area contributed by atoms with Gasteiger partial charge in [0.1, 0.15) is 11.8 Å². The van der Waals surface area contributed by atoms with Gasteiger partial charge in [-0.3, -0.25) is 0 Å². The van der Waals surface area contributed by atoms with Gasteiger partial charge in [0.05, 0.1) is 5.69 Å². The Morgan fingerprint density at radius 2 is 2.26 bits per heavy atom. The van der Waals surface area contributed by atoms with Gasteiger partial charge in [0, 0.05) is 18.7 Å². The summed E-state index contributed by atoms with van der Waals surface area (Å²) in [5.41, 5.74) is 1.56. The molecule has 1 aliphatic heterocycles. The fourth-order valence-corrected chi connectivity index (χ4v) is 2.29. The second-order valence-electron chi connectivity index (χ2n) is 4.65. The van der Waals surface area contributed by atoms with Gasteiger partial charge in [0.2, 0.25) is 0 Å². The molecule has 0 saturated carbocycles. The maximum Gasteiger partial charge on any atom is 0.326 e. The molecule has 0 unspecified atom stereocenters. The number of carboxylic acid groups (broad SMARTS) is 1. The number of aryl methyl sites for hydroxylation is 2. The van der Waals surface area contributed by atoms with Gasteiger partial charge in [0.15, 0.2) is 0 Å². The average molecular weight is 267 g/mol. The molecule has 2 amide bonds. The highest BCUT2D eigenvalue weighted by Gasteiger charge is 2.33. The van der Waals surface area contributed by atoms with Crippen LogP contribution in [0.1, 0.15) is 29.9 Å². The van der Waals surface area contributed by atoms with Crippen molar-refractivity contribution in [1.82, 2.24) is 15.4 Å². The fraction of sp³-hybridized carbons (Fsp3) is 0.583. The summed E-state index contributed by atoms with van der Waals surface area (Å²) in [5.74, 6) is -0.293. The van der Waals surface area contributed by atoms with Crippen LogP contribution in [0, 0.1) is 13.8 Å². The molecule has 2 heterocycles. The molecule has 1 fully saturated rings. The molecule has 2 rings (SSSR count). The summed E-state index contributed by atoms with van der Waals surface area (Å²) in [7, 11) is 0. The molecule has 19 heavy (non-hydrogen) atoms. The number of carboxylic acids is 1. The maximum absolute atomic E-state index is 12.0. The minimum atomic E-state index is -0.954. The summed E-state index contributed by atoms with van der Waals surface area (Å²) in [6, 6.07) is -1.07. The molecule has 0 radical (unpaired) electrons. The van der Waals surface area contributed by atoms with Gasteiger partial charge in [0.25, 0.3) is 0 Å². The molecule has 0 bridgehead atoms. The van der Waals surface area contributed by atoms with E-state index in [1.165, 1.54) is 4.90 Å². The van der Waals surface area contributed by atoms with Gasteiger partial charge in [-0.15, -0.1) is 0 Å². The number of carbonyl (C=O) groups excluding carboxylic acids is 1. The van der Waals surface area contributed by atoms with Gasteiger partial charge in [-0.05, 0) is 26.7 Å². The van der Waals surface area contributed by atoms with E-state index in [2.05, 4.69) is 10.5 Å². The van der Waals surface area contributed by atoms with Crippen molar-refractivity contribution in [3.05, 3.63) is 17.0 Å². The molecule has 1 aromatic heterocycles. The molecule has 1 atom stereocenters. The Bertz CT molecular complexity index is 478. The van der Waals surface area contributed by atoms with Crippen LogP contribution in [0.15, 0.2) is 4.52 Å². The van der Waals surface area contributed by atoms with Crippen LogP contribution < -0.4 is 5.32 Å². The predicted octanol–water partition coefficient (Wildman–Crippen LogP) is 1.05. The fourth-order valence-electron chi connectivity index (χ4n) is 2.29. The summed E-state index contributed by atoms with van der Waals surface area (Å²) >= 11 is 0. The minimum Gasteiger partial charge on any atom is -0.480 e. The highest BCUT2D eigenvalue weighted by atomic mass is 16.5. The summed E-state index contributed by atoms with van der Waals surface area (Å²) < 4.78 is 5.00. The Balaban J connectivity index is 1.96. The number of aliphatic carboxylic acids is 1. The third kappa shape index (κ3) is 2.69. The quantitative estimate of drug-likeness (QED) is 0.853. The lowest BCUT2D eigenvalue weighted by atomic mass is 10.2. The molecular formula is C12H17N3O4. The maximum atomic E-state index is 12.0. The lowest BCUT2D eigenvalue weighted by molar-refractivity contribution is -0.141. The number of nitrogens with one attached hydrogen (secondary N) is 1. The topological polar surface area (TPSA) is 95.7 Å². The highest BCUT2D eigenvalue weighted by Crippen LogP contribution is 2.18. The van der Waals surface area contributed by atoms with Crippen molar-refractivity contribution in [1.29, 1.82) is 0 Å². The predicted molar refractivity (Wildman–Crippen MR) is 65.6 cm³/mol. The summed E-state index contributed by atoms with van der Waals surface area (Å²) in [6.07, 6.45) is 1.23. The lowest BCUT2D eigenvalue weighted by Gasteiger charge is -2.21. The Labute approximate surface area is 110 Å². The van der Waals surface area contributed by atoms with Crippen molar-refractivity contribution >= 4 is 12.0 Å². The standard InChI is InChI=1S/C12H17N3O4/c1-7-9(8(2)19-14-7)6-13-12(18)15-5-3-4-10(15)11(16)17/h10H,3-6H2,1-2H3,(H,13,18)(H,16,17)/t10-/m0/s1. The Morgan fingerprint density at radius 3 is 2.84 bits per heavy atom. The van der Waals surface area contributed by atoms with E-state index in [0.29, 0.717) is 25.3 Å². The molecule has 1 saturated heterocycles. The minimum absolute atomic E-state index is 0.294. The molecule has 1 aliphatic rings. The monoisotopic (exact) mass is 267 g/mol. The number of hydrogen-bond donors (Lipinski definition) is 2. The summed E-state index contributed by atoms with van der Waals surface area (Å²) in [4.78, 5) is 24.4. The van der Waals surface area contributed by atoms with Crippen molar-refractivity contribution in [2.45, 2.75) is 39.3 Å². The van der Waals surface area contributed by atoms with E-state index in [-0.39, 0.29) is 6.03 Å². The van der Waals surface area contributed by atoms with Crippen molar-refractivity contribution < 1.29 is 19.2 Å². The van der Waals surface area contributed by atoms with Crippen molar-refractivity contribution in [2.75, 3.05) is 6.54 Å². The zero-order chi connectivity index (χ0) is 14.0. The van der Waals surface area contributed by atoms with Crippen LogP contribution in [0.4, 0.5) is 4.79 Å². The van der Waals surface area contributed by atoms with E-state index in [9.17, 15) is 9.59 Å². The second-order valence-corrected chi connectivity index (χ2v) is 4.65. The number of urea groups is 1. The summed E-state index contributed by atoms with van der Waals surface area (Å²) in [6.45, 7) is 4.35.